The van der Waals surface area contributed by atoms with Crippen molar-refractivity contribution in [2.24, 2.45) is 0 Å². The fourth-order valence-corrected chi connectivity index (χ4v) is 4.08. The molecule has 1 unspecified atom stereocenters. The molecular formula is C14H23ClNO3PS. The van der Waals surface area contributed by atoms with Crippen LogP contribution in [0, 0.1) is 0 Å². The highest BCUT2D eigenvalue weighted by molar-refractivity contribution is 7.99. The Bertz CT molecular complexity index is 435. The van der Waals surface area contributed by atoms with Crippen molar-refractivity contribution in [3.8, 4) is 5.75 Å². The van der Waals surface area contributed by atoms with Crippen LogP contribution in [0.2, 0.25) is 0 Å². The largest absolute Gasteiger partial charge is 0.422 e. The zero-order valence-electron chi connectivity index (χ0n) is 12.5. The SMILES string of the molecule is CCCSCCOC[C@H](C)NP(=O)(Cl)Oc1ccccc1. The van der Waals surface area contributed by atoms with Gasteiger partial charge in [0.1, 0.15) is 5.75 Å². The minimum Gasteiger partial charge on any atom is -0.422 e. The molecule has 0 aliphatic heterocycles. The third-order valence-corrected chi connectivity index (χ3v) is 5.28. The van der Waals surface area contributed by atoms with Gasteiger partial charge in [0, 0.05) is 23.0 Å². The predicted octanol–water partition coefficient (Wildman–Crippen LogP) is 4.55. The molecule has 0 bridgehead atoms. The summed E-state index contributed by atoms with van der Waals surface area (Å²) in [5, 5.41) is 2.77. The zero-order chi connectivity index (χ0) is 15.6. The van der Waals surface area contributed by atoms with Gasteiger partial charge in [-0.2, -0.15) is 11.8 Å². The molecule has 1 N–H and O–H groups in total. The number of hydrogen-bond acceptors (Lipinski definition) is 4. The average molecular weight is 352 g/mol. The predicted molar refractivity (Wildman–Crippen MR) is 91.6 cm³/mol. The molecule has 0 aliphatic rings. The Morgan fingerprint density at radius 3 is 2.71 bits per heavy atom. The summed E-state index contributed by atoms with van der Waals surface area (Å²) in [6.07, 6.45) is 1.18. The number of para-hydroxylation sites is 1. The zero-order valence-corrected chi connectivity index (χ0v) is 14.9. The Morgan fingerprint density at radius 1 is 1.33 bits per heavy atom. The summed E-state index contributed by atoms with van der Waals surface area (Å²) < 4.78 is 22.9. The molecule has 7 heteroatoms. The van der Waals surface area contributed by atoms with E-state index in [9.17, 15) is 4.57 Å². The lowest BCUT2D eigenvalue weighted by atomic mass is 10.3. The third-order valence-electron chi connectivity index (χ3n) is 2.43. The van der Waals surface area contributed by atoms with Gasteiger partial charge < -0.3 is 9.26 Å². The van der Waals surface area contributed by atoms with Gasteiger partial charge >= 0.3 is 6.87 Å². The van der Waals surface area contributed by atoms with Crippen LogP contribution in [0.1, 0.15) is 20.3 Å². The minimum atomic E-state index is -3.40. The van der Waals surface area contributed by atoms with E-state index in [-0.39, 0.29) is 6.04 Å². The molecule has 120 valence electrons. The number of thioether (sulfide) groups is 1. The summed E-state index contributed by atoms with van der Waals surface area (Å²) in [5.41, 5.74) is 0. The van der Waals surface area contributed by atoms with E-state index in [0.717, 1.165) is 11.5 Å². The molecule has 0 spiro atoms. The fourth-order valence-electron chi connectivity index (χ4n) is 1.57. The van der Waals surface area contributed by atoms with Crippen LogP contribution >= 0.6 is 29.9 Å². The Labute approximate surface area is 136 Å². The fraction of sp³-hybridized carbons (Fsp3) is 0.571. The van der Waals surface area contributed by atoms with E-state index in [0.29, 0.717) is 19.0 Å². The number of ether oxygens (including phenoxy) is 1. The molecule has 4 nitrogen and oxygen atoms in total. The highest BCUT2D eigenvalue weighted by Gasteiger charge is 2.23. The summed E-state index contributed by atoms with van der Waals surface area (Å²) >= 11 is 7.78. The maximum absolute atomic E-state index is 12.1. The highest BCUT2D eigenvalue weighted by atomic mass is 35.7. The summed E-state index contributed by atoms with van der Waals surface area (Å²) in [6.45, 7) is 1.75. The molecule has 1 rings (SSSR count). The van der Waals surface area contributed by atoms with E-state index in [4.69, 9.17) is 20.5 Å². The Kier molecular flexibility index (Phi) is 9.45. The van der Waals surface area contributed by atoms with E-state index in [1.54, 1.807) is 24.3 Å². The Balaban J connectivity index is 2.23. The molecule has 0 saturated carbocycles. The van der Waals surface area contributed by atoms with E-state index >= 15 is 0 Å². The molecule has 0 aliphatic carbocycles. The lowest BCUT2D eigenvalue weighted by molar-refractivity contribution is 0.135. The second-order valence-corrected chi connectivity index (χ2v) is 8.56. The molecule has 0 fully saturated rings. The van der Waals surface area contributed by atoms with Gasteiger partial charge in [-0.25, -0.2) is 9.65 Å². The second-order valence-electron chi connectivity index (χ2n) is 4.60. The van der Waals surface area contributed by atoms with Crippen LogP contribution in [0.5, 0.6) is 5.75 Å². The van der Waals surface area contributed by atoms with Crippen molar-refractivity contribution in [1.29, 1.82) is 0 Å². The maximum atomic E-state index is 12.1. The minimum absolute atomic E-state index is 0.145. The van der Waals surface area contributed by atoms with E-state index in [2.05, 4.69) is 12.0 Å². The molecule has 0 saturated heterocycles. The molecule has 0 aromatic heterocycles. The van der Waals surface area contributed by atoms with Gasteiger partial charge in [0.15, 0.2) is 0 Å². The van der Waals surface area contributed by atoms with Crippen LogP contribution in [0.15, 0.2) is 30.3 Å². The smallest absolute Gasteiger partial charge is 0.409 e. The number of rotatable bonds is 11. The van der Waals surface area contributed by atoms with Gasteiger partial charge in [0.05, 0.1) is 13.2 Å². The summed E-state index contributed by atoms with van der Waals surface area (Å²) in [4.78, 5) is 0. The van der Waals surface area contributed by atoms with Crippen LogP contribution in [-0.4, -0.2) is 30.8 Å². The van der Waals surface area contributed by atoms with Gasteiger partial charge in [-0.05, 0) is 31.2 Å². The number of hydrogen-bond donors (Lipinski definition) is 1. The second kappa shape index (κ2) is 10.5. The van der Waals surface area contributed by atoms with Crippen LogP contribution in [-0.2, 0) is 9.30 Å². The van der Waals surface area contributed by atoms with E-state index < -0.39 is 6.87 Å². The maximum Gasteiger partial charge on any atom is 0.409 e. The molecule has 0 heterocycles. The first-order valence-electron chi connectivity index (χ1n) is 7.01. The summed E-state index contributed by atoms with van der Waals surface area (Å²) in [7, 11) is 0. The lowest BCUT2D eigenvalue weighted by Gasteiger charge is -2.19. The summed E-state index contributed by atoms with van der Waals surface area (Å²) in [6, 6.07) is 8.73. The molecular weight excluding hydrogens is 329 g/mol. The van der Waals surface area contributed by atoms with Crippen molar-refractivity contribution in [3.63, 3.8) is 0 Å². The van der Waals surface area contributed by atoms with Crippen molar-refractivity contribution in [2.75, 3.05) is 24.7 Å². The first kappa shape index (κ1) is 18.9. The van der Waals surface area contributed by atoms with Crippen molar-refractivity contribution in [1.82, 2.24) is 5.09 Å². The van der Waals surface area contributed by atoms with E-state index in [1.807, 2.05) is 24.8 Å². The highest BCUT2D eigenvalue weighted by Crippen LogP contribution is 2.48. The lowest BCUT2D eigenvalue weighted by Crippen LogP contribution is -2.28. The average Bonchev–Trinajstić information content (AvgIpc) is 2.42. The normalized spacial score (nSPS) is 15.4. The van der Waals surface area contributed by atoms with Gasteiger partial charge in [-0.15, -0.1) is 0 Å². The summed E-state index contributed by atoms with van der Waals surface area (Å²) in [5.74, 6) is 2.60. The Hall–Kier alpha value is -0.190. The van der Waals surface area contributed by atoms with Crippen molar-refractivity contribution in [3.05, 3.63) is 30.3 Å². The van der Waals surface area contributed by atoms with E-state index in [1.165, 1.54) is 6.42 Å². The first-order valence-corrected chi connectivity index (χ1v) is 10.7. The quantitative estimate of drug-likeness (QED) is 0.468. The standard InChI is InChI=1S/C14H23ClNO3PS/c1-3-10-21-11-9-18-12-13(2)16-20(15,17)19-14-7-5-4-6-8-14/h4-8,13H,3,9-12H2,1-2H3,(H,16,17)/t13-,20?/m0/s1. The van der Waals surface area contributed by atoms with Crippen LogP contribution in [0.3, 0.4) is 0 Å². The van der Waals surface area contributed by atoms with Crippen LogP contribution in [0.25, 0.3) is 0 Å². The van der Waals surface area contributed by atoms with Gasteiger partial charge in [0.2, 0.25) is 0 Å². The van der Waals surface area contributed by atoms with Crippen LogP contribution in [0.4, 0.5) is 0 Å². The molecule has 1 aromatic rings. The molecule has 21 heavy (non-hydrogen) atoms. The molecule has 0 amide bonds. The molecule has 1 aromatic carbocycles. The van der Waals surface area contributed by atoms with Crippen molar-refractivity contribution >= 4 is 29.9 Å². The van der Waals surface area contributed by atoms with Crippen molar-refractivity contribution in [2.45, 2.75) is 26.3 Å². The van der Waals surface area contributed by atoms with Crippen molar-refractivity contribution < 1.29 is 13.8 Å². The van der Waals surface area contributed by atoms with Gasteiger partial charge in [-0.1, -0.05) is 25.1 Å². The monoisotopic (exact) mass is 351 g/mol. The number of benzene rings is 1. The first-order chi connectivity index (χ1) is 10.0. The van der Waals surface area contributed by atoms with Gasteiger partial charge in [-0.3, -0.25) is 0 Å². The van der Waals surface area contributed by atoms with Gasteiger partial charge in [0.25, 0.3) is 0 Å². The van der Waals surface area contributed by atoms with Crippen LogP contribution < -0.4 is 9.61 Å². The third kappa shape index (κ3) is 9.43. The molecule has 0 radical (unpaired) electrons. The Morgan fingerprint density at radius 2 is 2.05 bits per heavy atom. The number of halogens is 1. The topological polar surface area (TPSA) is 47.6 Å². The number of nitrogens with one attached hydrogen (secondary N) is 1. The molecule has 2 atom stereocenters.